The van der Waals surface area contributed by atoms with Crippen LogP contribution in [0.25, 0.3) is 21.2 Å². The van der Waals surface area contributed by atoms with Gasteiger partial charge in [-0.2, -0.15) is 8.42 Å². The van der Waals surface area contributed by atoms with Crippen LogP contribution in [0.3, 0.4) is 0 Å². The zero-order chi connectivity index (χ0) is 15.0. The summed E-state index contributed by atoms with van der Waals surface area (Å²) in [6.45, 7) is 0. The van der Waals surface area contributed by atoms with Gasteiger partial charge in [-0.25, -0.2) is 0 Å². The molecular formula is C15H12O4S2. The first-order valence-corrected chi connectivity index (χ1v) is 8.51. The Kier molecular flexibility index (Phi) is 3.54. The summed E-state index contributed by atoms with van der Waals surface area (Å²) in [5.41, 5.74) is -0.932. The monoisotopic (exact) mass is 320 g/mol. The van der Waals surface area contributed by atoms with Gasteiger partial charge in [0, 0.05) is 4.88 Å². The minimum Gasteiger partial charge on any atom is -0.371 e. The number of fused-ring (bicyclic) bond motifs is 1. The highest BCUT2D eigenvalue weighted by Gasteiger charge is 2.23. The van der Waals surface area contributed by atoms with Gasteiger partial charge in [-0.15, -0.1) is 11.3 Å². The van der Waals surface area contributed by atoms with Crippen molar-refractivity contribution in [1.82, 2.24) is 0 Å². The van der Waals surface area contributed by atoms with E-state index in [2.05, 4.69) is 0 Å². The van der Waals surface area contributed by atoms with Crippen LogP contribution in [0.5, 0.6) is 0 Å². The Morgan fingerprint density at radius 1 is 0.952 bits per heavy atom. The van der Waals surface area contributed by atoms with Gasteiger partial charge in [-0.3, -0.25) is 4.55 Å². The average molecular weight is 320 g/mol. The third kappa shape index (κ3) is 2.71. The number of aliphatic hydroxyl groups excluding tert-OH is 1. The summed E-state index contributed by atoms with van der Waals surface area (Å²) in [5.74, 6) is 0. The van der Waals surface area contributed by atoms with Gasteiger partial charge in [0.05, 0.1) is 4.88 Å². The van der Waals surface area contributed by atoms with E-state index in [-0.39, 0.29) is 4.88 Å². The predicted molar refractivity (Wildman–Crippen MR) is 83.8 cm³/mol. The summed E-state index contributed by atoms with van der Waals surface area (Å²) in [7, 11) is -4.50. The van der Waals surface area contributed by atoms with Crippen molar-refractivity contribution in [1.29, 1.82) is 0 Å². The molecule has 0 saturated heterocycles. The van der Waals surface area contributed by atoms with E-state index in [0.29, 0.717) is 0 Å². The molecule has 0 amide bonds. The molecule has 0 saturated carbocycles. The van der Waals surface area contributed by atoms with Crippen molar-refractivity contribution in [2.75, 3.05) is 0 Å². The molecule has 21 heavy (non-hydrogen) atoms. The summed E-state index contributed by atoms with van der Waals surface area (Å²) in [6.07, 6.45) is 0. The molecule has 4 nitrogen and oxygen atoms in total. The highest BCUT2D eigenvalue weighted by atomic mass is 32.2. The quantitative estimate of drug-likeness (QED) is 0.725. The average Bonchev–Trinajstić information content (AvgIpc) is 2.94. The molecule has 0 bridgehead atoms. The van der Waals surface area contributed by atoms with E-state index in [0.717, 1.165) is 32.5 Å². The minimum absolute atomic E-state index is 0.195. The lowest BCUT2D eigenvalue weighted by atomic mass is 10.0. The Labute approximate surface area is 126 Å². The van der Waals surface area contributed by atoms with Gasteiger partial charge in [-0.1, -0.05) is 42.5 Å². The lowest BCUT2D eigenvalue weighted by Crippen LogP contribution is -2.09. The number of thiophene rings is 1. The normalized spacial score (nSPS) is 13.4. The van der Waals surface area contributed by atoms with Crippen molar-refractivity contribution in [3.05, 3.63) is 59.5 Å². The van der Waals surface area contributed by atoms with Gasteiger partial charge in [-0.05, 0) is 28.5 Å². The van der Waals surface area contributed by atoms with Crippen molar-refractivity contribution in [2.45, 2.75) is 5.44 Å². The fourth-order valence-corrected chi connectivity index (χ4v) is 4.01. The zero-order valence-corrected chi connectivity index (χ0v) is 12.4. The second kappa shape index (κ2) is 5.23. The van der Waals surface area contributed by atoms with Crippen LogP contribution in [0.1, 0.15) is 10.3 Å². The Bertz CT molecular complexity index is 891. The van der Waals surface area contributed by atoms with Crippen LogP contribution in [0.2, 0.25) is 0 Å². The van der Waals surface area contributed by atoms with Crippen LogP contribution >= 0.6 is 11.3 Å². The number of benzene rings is 2. The molecule has 0 spiro atoms. The topological polar surface area (TPSA) is 74.6 Å². The third-order valence-electron chi connectivity index (χ3n) is 3.21. The molecule has 0 fully saturated rings. The standard InChI is InChI=1S/C15H12O4S2/c16-15(21(17,18)19)14-9-8-13(20-14)12-7-3-5-10-4-1-2-6-11(10)12/h1-9,15-16H,(H,17,18,19). The maximum Gasteiger partial charge on any atom is 0.297 e. The van der Waals surface area contributed by atoms with E-state index < -0.39 is 15.6 Å². The van der Waals surface area contributed by atoms with E-state index in [4.69, 9.17) is 4.55 Å². The molecule has 2 N–H and O–H groups in total. The lowest BCUT2D eigenvalue weighted by Gasteiger charge is -2.05. The van der Waals surface area contributed by atoms with Crippen LogP contribution in [0.4, 0.5) is 0 Å². The number of hydrogen-bond donors (Lipinski definition) is 2. The van der Waals surface area contributed by atoms with Gasteiger partial charge in [0.1, 0.15) is 0 Å². The molecule has 0 aliphatic carbocycles. The van der Waals surface area contributed by atoms with E-state index in [1.54, 1.807) is 6.07 Å². The largest absolute Gasteiger partial charge is 0.371 e. The molecule has 1 aromatic heterocycles. The maximum absolute atomic E-state index is 11.0. The summed E-state index contributed by atoms with van der Waals surface area (Å²) < 4.78 is 30.9. The molecule has 3 aromatic rings. The molecule has 2 aromatic carbocycles. The highest BCUT2D eigenvalue weighted by molar-refractivity contribution is 7.86. The molecule has 1 unspecified atom stereocenters. The first kappa shape index (κ1) is 14.2. The second-order valence-electron chi connectivity index (χ2n) is 4.60. The molecule has 0 aliphatic heterocycles. The lowest BCUT2D eigenvalue weighted by molar-refractivity contribution is 0.242. The number of rotatable bonds is 3. The molecule has 6 heteroatoms. The first-order valence-electron chi connectivity index (χ1n) is 6.19. The van der Waals surface area contributed by atoms with Crippen LogP contribution in [0, 0.1) is 0 Å². The van der Waals surface area contributed by atoms with Crippen molar-refractivity contribution in [2.24, 2.45) is 0 Å². The fraction of sp³-hybridized carbons (Fsp3) is 0.0667. The third-order valence-corrected chi connectivity index (χ3v) is 5.35. The second-order valence-corrected chi connectivity index (χ2v) is 7.19. The molecule has 0 aliphatic rings. The smallest absolute Gasteiger partial charge is 0.297 e. The molecule has 0 radical (unpaired) electrons. The van der Waals surface area contributed by atoms with Crippen LogP contribution < -0.4 is 0 Å². The van der Waals surface area contributed by atoms with E-state index in [1.807, 2.05) is 42.5 Å². The van der Waals surface area contributed by atoms with Gasteiger partial charge < -0.3 is 5.11 Å². The van der Waals surface area contributed by atoms with Crippen molar-refractivity contribution < 1.29 is 18.1 Å². The zero-order valence-electron chi connectivity index (χ0n) is 10.8. The van der Waals surface area contributed by atoms with E-state index in [1.165, 1.54) is 6.07 Å². The Morgan fingerprint density at radius 2 is 1.67 bits per heavy atom. The van der Waals surface area contributed by atoms with E-state index in [9.17, 15) is 13.5 Å². The maximum atomic E-state index is 11.0. The molecule has 108 valence electrons. The van der Waals surface area contributed by atoms with Crippen LogP contribution in [0.15, 0.2) is 54.6 Å². The fourth-order valence-electron chi connectivity index (χ4n) is 2.22. The summed E-state index contributed by atoms with van der Waals surface area (Å²) in [6, 6.07) is 17.0. The molecule has 3 rings (SSSR count). The van der Waals surface area contributed by atoms with Crippen molar-refractivity contribution in [3.63, 3.8) is 0 Å². The summed E-state index contributed by atoms with van der Waals surface area (Å²) in [4.78, 5) is 1.03. The Morgan fingerprint density at radius 3 is 2.43 bits per heavy atom. The Hall–Kier alpha value is -1.73. The van der Waals surface area contributed by atoms with E-state index >= 15 is 0 Å². The number of aliphatic hydroxyl groups is 1. The highest BCUT2D eigenvalue weighted by Crippen LogP contribution is 2.36. The summed E-state index contributed by atoms with van der Waals surface area (Å²) in [5, 5.41) is 11.7. The minimum atomic E-state index is -4.50. The van der Waals surface area contributed by atoms with Gasteiger partial charge in [0.15, 0.2) is 0 Å². The predicted octanol–water partition coefficient (Wildman–Crippen LogP) is 3.45. The molecular weight excluding hydrogens is 308 g/mol. The van der Waals surface area contributed by atoms with Gasteiger partial charge >= 0.3 is 0 Å². The SMILES string of the molecule is O=S(=O)(O)C(O)c1ccc(-c2cccc3ccccc23)s1. The van der Waals surface area contributed by atoms with Crippen LogP contribution in [-0.2, 0) is 10.1 Å². The Balaban J connectivity index is 2.11. The summed E-state index contributed by atoms with van der Waals surface area (Å²) >= 11 is 1.15. The molecule has 1 heterocycles. The van der Waals surface area contributed by atoms with Gasteiger partial charge in [0.2, 0.25) is 5.44 Å². The van der Waals surface area contributed by atoms with Crippen LogP contribution in [-0.4, -0.2) is 18.1 Å². The number of hydrogen-bond acceptors (Lipinski definition) is 4. The van der Waals surface area contributed by atoms with Gasteiger partial charge in [0.25, 0.3) is 10.1 Å². The van der Waals surface area contributed by atoms with Crippen molar-refractivity contribution >= 4 is 32.2 Å². The molecule has 1 atom stereocenters. The van der Waals surface area contributed by atoms with Crippen molar-refractivity contribution in [3.8, 4) is 10.4 Å². The first-order chi connectivity index (χ1) is 9.97.